The first kappa shape index (κ1) is 14.4. The second-order valence-electron chi connectivity index (χ2n) is 5.55. The van der Waals surface area contributed by atoms with E-state index in [4.69, 9.17) is 5.10 Å². The summed E-state index contributed by atoms with van der Waals surface area (Å²) in [7, 11) is 0. The normalized spacial score (nSPS) is 14.4. The first-order valence-electron chi connectivity index (χ1n) is 7.86. The highest BCUT2D eigenvalue weighted by Gasteiger charge is 2.22. The zero-order valence-corrected chi connectivity index (χ0v) is 13.2. The summed E-state index contributed by atoms with van der Waals surface area (Å²) in [5, 5.41) is 6.82. The molecule has 5 heteroatoms. The van der Waals surface area contributed by atoms with Crippen molar-refractivity contribution in [1.29, 1.82) is 0 Å². The molecule has 1 aliphatic rings. The van der Waals surface area contributed by atoms with Crippen LogP contribution >= 0.6 is 0 Å². The van der Waals surface area contributed by atoms with Crippen molar-refractivity contribution in [2.45, 2.75) is 0 Å². The topological polar surface area (TPSA) is 44.6 Å². The lowest BCUT2D eigenvalue weighted by Crippen LogP contribution is -2.44. The molecule has 0 unspecified atom stereocenters. The fraction of sp³-hybridized carbons (Fsp3) is 0.105. The zero-order valence-electron chi connectivity index (χ0n) is 13.2. The van der Waals surface area contributed by atoms with E-state index in [0.717, 1.165) is 22.8 Å². The quantitative estimate of drug-likeness (QED) is 0.745. The molecule has 0 saturated carbocycles. The molecule has 4 rings (SSSR count). The van der Waals surface area contributed by atoms with Gasteiger partial charge in [-0.3, -0.25) is 9.97 Å². The highest BCUT2D eigenvalue weighted by Crippen LogP contribution is 2.22. The largest absolute Gasteiger partial charge is 0.345 e. The third-order valence-electron chi connectivity index (χ3n) is 3.91. The van der Waals surface area contributed by atoms with Crippen LogP contribution in [-0.4, -0.2) is 28.9 Å². The van der Waals surface area contributed by atoms with Gasteiger partial charge in [-0.25, -0.2) is 5.01 Å². The van der Waals surface area contributed by atoms with Crippen LogP contribution in [0.5, 0.6) is 0 Å². The molecule has 118 valence electrons. The van der Waals surface area contributed by atoms with Gasteiger partial charge in [-0.15, -0.1) is 0 Å². The number of nitrogens with zero attached hydrogens (tertiary/aromatic N) is 5. The average Bonchev–Trinajstić information content (AvgIpc) is 2.70. The summed E-state index contributed by atoms with van der Waals surface area (Å²) in [6.45, 7) is 1.37. The van der Waals surface area contributed by atoms with Crippen molar-refractivity contribution in [3.8, 4) is 0 Å². The lowest BCUT2D eigenvalue weighted by Gasteiger charge is -2.35. The Morgan fingerprint density at radius 2 is 1.62 bits per heavy atom. The summed E-state index contributed by atoms with van der Waals surface area (Å²) in [6.07, 6.45) is 5.47. The first-order chi connectivity index (χ1) is 11.9. The molecule has 5 nitrogen and oxygen atoms in total. The summed E-state index contributed by atoms with van der Waals surface area (Å²) in [5.41, 5.74) is 3.96. The van der Waals surface area contributed by atoms with Gasteiger partial charge in [-0.05, 0) is 36.4 Å². The average molecular weight is 315 g/mol. The molecule has 2 aromatic heterocycles. The van der Waals surface area contributed by atoms with E-state index < -0.39 is 0 Å². The van der Waals surface area contributed by atoms with E-state index in [2.05, 4.69) is 33.1 Å². The smallest absolute Gasteiger partial charge is 0.113 e. The minimum Gasteiger partial charge on any atom is -0.345 e. The van der Waals surface area contributed by atoms with E-state index >= 15 is 0 Å². The molecule has 0 atom stereocenters. The van der Waals surface area contributed by atoms with Gasteiger partial charge in [0.05, 0.1) is 29.8 Å². The number of aromatic nitrogens is 2. The van der Waals surface area contributed by atoms with Gasteiger partial charge < -0.3 is 4.90 Å². The third kappa shape index (κ3) is 2.96. The maximum atomic E-state index is 4.82. The highest BCUT2D eigenvalue weighted by atomic mass is 15.5. The van der Waals surface area contributed by atoms with Crippen LogP contribution in [0.15, 0.2) is 84.4 Å². The van der Waals surface area contributed by atoms with E-state index in [9.17, 15) is 0 Å². The lowest BCUT2D eigenvalue weighted by atomic mass is 10.2. The Bertz CT molecular complexity index is 818. The number of rotatable bonds is 3. The van der Waals surface area contributed by atoms with Crippen molar-refractivity contribution in [2.75, 3.05) is 23.1 Å². The van der Waals surface area contributed by atoms with Crippen LogP contribution < -0.4 is 9.91 Å². The second-order valence-corrected chi connectivity index (χ2v) is 5.55. The van der Waals surface area contributed by atoms with Crippen LogP contribution in [0.25, 0.3) is 0 Å². The van der Waals surface area contributed by atoms with Crippen molar-refractivity contribution in [1.82, 2.24) is 9.97 Å². The molecule has 3 heterocycles. The van der Waals surface area contributed by atoms with E-state index in [1.807, 2.05) is 53.7 Å². The number of pyridine rings is 2. The SMILES string of the molecule is c1ccc(N2CN(c3cccnc3)CC(c3ccccn3)=N2)cc1. The van der Waals surface area contributed by atoms with Gasteiger partial charge in [-0.2, -0.15) is 5.10 Å². The molecule has 0 spiro atoms. The minimum absolute atomic E-state index is 0.673. The predicted octanol–water partition coefficient (Wildman–Crippen LogP) is 3.17. The predicted molar refractivity (Wildman–Crippen MR) is 96.1 cm³/mol. The van der Waals surface area contributed by atoms with Crippen LogP contribution in [0.3, 0.4) is 0 Å². The molecule has 0 bridgehead atoms. The fourth-order valence-corrected chi connectivity index (χ4v) is 2.72. The van der Waals surface area contributed by atoms with E-state index in [-0.39, 0.29) is 0 Å². The zero-order chi connectivity index (χ0) is 16.2. The molecule has 1 aliphatic heterocycles. The summed E-state index contributed by atoms with van der Waals surface area (Å²) in [6, 6.07) is 20.1. The highest BCUT2D eigenvalue weighted by molar-refractivity contribution is 6.03. The number of hydrogen-bond acceptors (Lipinski definition) is 5. The molecule has 1 aromatic carbocycles. The first-order valence-corrected chi connectivity index (χ1v) is 7.86. The fourth-order valence-electron chi connectivity index (χ4n) is 2.72. The molecule has 24 heavy (non-hydrogen) atoms. The summed E-state index contributed by atoms with van der Waals surface area (Å²) in [4.78, 5) is 10.9. The van der Waals surface area contributed by atoms with Crippen molar-refractivity contribution in [3.63, 3.8) is 0 Å². The van der Waals surface area contributed by atoms with Gasteiger partial charge in [0.25, 0.3) is 0 Å². The molecular weight excluding hydrogens is 298 g/mol. The number of para-hydroxylation sites is 1. The van der Waals surface area contributed by atoms with Crippen LogP contribution in [0.2, 0.25) is 0 Å². The number of anilines is 2. The van der Waals surface area contributed by atoms with Gasteiger partial charge in [0.2, 0.25) is 0 Å². The monoisotopic (exact) mass is 315 g/mol. The molecule has 0 aliphatic carbocycles. The maximum Gasteiger partial charge on any atom is 0.113 e. The van der Waals surface area contributed by atoms with Crippen LogP contribution in [-0.2, 0) is 0 Å². The summed E-state index contributed by atoms with van der Waals surface area (Å²) in [5.74, 6) is 0. The van der Waals surface area contributed by atoms with Crippen LogP contribution in [0.1, 0.15) is 5.69 Å². The lowest BCUT2D eigenvalue weighted by molar-refractivity contribution is 0.755. The molecule has 0 saturated heterocycles. The Hall–Kier alpha value is -3.21. The van der Waals surface area contributed by atoms with Crippen molar-refractivity contribution >= 4 is 17.1 Å². The minimum atomic E-state index is 0.673. The standard InChI is InChI=1S/C19H17N5/c1-2-7-16(8-3-1)24-15-23(17-9-6-11-20-13-17)14-19(22-24)18-10-4-5-12-21-18/h1-13H,14-15H2. The molecule has 3 aromatic rings. The molecule has 0 fully saturated rings. The molecule has 0 radical (unpaired) electrons. The Morgan fingerprint density at radius 1 is 0.792 bits per heavy atom. The summed E-state index contributed by atoms with van der Waals surface area (Å²) < 4.78 is 0. The summed E-state index contributed by atoms with van der Waals surface area (Å²) >= 11 is 0. The van der Waals surface area contributed by atoms with E-state index in [0.29, 0.717) is 13.2 Å². The van der Waals surface area contributed by atoms with Gasteiger partial charge in [-0.1, -0.05) is 24.3 Å². The third-order valence-corrected chi connectivity index (χ3v) is 3.91. The Morgan fingerprint density at radius 3 is 2.38 bits per heavy atom. The number of benzene rings is 1. The van der Waals surface area contributed by atoms with Gasteiger partial charge in [0, 0.05) is 12.4 Å². The van der Waals surface area contributed by atoms with Crippen molar-refractivity contribution in [2.24, 2.45) is 5.10 Å². The maximum absolute atomic E-state index is 4.82. The molecule has 0 amide bonds. The second kappa shape index (κ2) is 6.50. The van der Waals surface area contributed by atoms with Gasteiger partial charge >= 0.3 is 0 Å². The Labute approximate surface area is 140 Å². The Balaban J connectivity index is 1.73. The number of hydrogen-bond donors (Lipinski definition) is 0. The molecular formula is C19H17N5. The Kier molecular flexibility index (Phi) is 3.90. The van der Waals surface area contributed by atoms with E-state index in [1.54, 1.807) is 12.4 Å². The van der Waals surface area contributed by atoms with Crippen molar-refractivity contribution in [3.05, 3.63) is 84.9 Å². The van der Waals surface area contributed by atoms with Crippen molar-refractivity contribution < 1.29 is 0 Å². The molecule has 0 N–H and O–H groups in total. The van der Waals surface area contributed by atoms with Crippen LogP contribution in [0.4, 0.5) is 11.4 Å². The van der Waals surface area contributed by atoms with Gasteiger partial charge in [0.15, 0.2) is 0 Å². The van der Waals surface area contributed by atoms with Crippen LogP contribution in [0, 0.1) is 0 Å². The van der Waals surface area contributed by atoms with Gasteiger partial charge in [0.1, 0.15) is 12.4 Å². The van der Waals surface area contributed by atoms with E-state index in [1.165, 1.54) is 0 Å². The number of hydrazone groups is 1.